The van der Waals surface area contributed by atoms with Gasteiger partial charge in [0, 0.05) is 25.2 Å². The first-order valence-corrected chi connectivity index (χ1v) is 7.45. The van der Waals surface area contributed by atoms with E-state index in [4.69, 9.17) is 0 Å². The highest BCUT2D eigenvalue weighted by Crippen LogP contribution is 2.26. The minimum atomic E-state index is -0.133. The Morgan fingerprint density at radius 1 is 1.14 bits per heavy atom. The van der Waals surface area contributed by atoms with Crippen LogP contribution in [0.5, 0.6) is 0 Å². The number of carbonyl (C=O) groups excluding carboxylic acids is 1. The molecule has 3 rings (SSSR count). The predicted octanol–water partition coefficient (Wildman–Crippen LogP) is 3.07. The van der Waals surface area contributed by atoms with Crippen LogP contribution in [-0.4, -0.2) is 23.4 Å². The van der Waals surface area contributed by atoms with Crippen molar-refractivity contribution in [3.05, 3.63) is 65.7 Å². The number of hydrogen-bond donors (Lipinski definition) is 1. The first-order chi connectivity index (χ1) is 10.3. The van der Waals surface area contributed by atoms with E-state index in [0.29, 0.717) is 6.54 Å². The van der Waals surface area contributed by atoms with Gasteiger partial charge in [0.2, 0.25) is 5.91 Å². The molecule has 1 heterocycles. The highest BCUT2D eigenvalue weighted by atomic mass is 16.2. The second-order valence-corrected chi connectivity index (χ2v) is 5.40. The Hall–Kier alpha value is -2.29. The second-order valence-electron chi connectivity index (χ2n) is 5.40. The van der Waals surface area contributed by atoms with E-state index in [1.165, 1.54) is 11.1 Å². The van der Waals surface area contributed by atoms with Crippen molar-refractivity contribution in [2.45, 2.75) is 25.9 Å². The molecule has 3 nitrogen and oxygen atoms in total. The van der Waals surface area contributed by atoms with Gasteiger partial charge in [-0.15, -0.1) is 0 Å². The molecule has 3 heteroatoms. The van der Waals surface area contributed by atoms with Crippen molar-refractivity contribution < 1.29 is 4.79 Å². The molecule has 0 aliphatic carbocycles. The largest absolute Gasteiger partial charge is 0.373 e. The number of anilines is 1. The molecule has 0 saturated carbocycles. The summed E-state index contributed by atoms with van der Waals surface area (Å²) in [6.45, 7) is 3.43. The smallest absolute Gasteiger partial charge is 0.245 e. The number of para-hydroxylation sites is 1. The van der Waals surface area contributed by atoms with Crippen molar-refractivity contribution in [3.8, 4) is 0 Å². The Kier molecular flexibility index (Phi) is 3.91. The van der Waals surface area contributed by atoms with Crippen molar-refractivity contribution in [1.82, 2.24) is 4.90 Å². The molecule has 1 aliphatic rings. The second kappa shape index (κ2) is 6.00. The van der Waals surface area contributed by atoms with Crippen LogP contribution in [0.4, 0.5) is 5.69 Å². The molecule has 1 atom stereocenters. The standard InChI is InChI=1S/C18H20N2O/c1-2-20(13-14-8-4-3-5-9-14)18(21)17-12-15-10-6-7-11-16(15)19-17/h3-11,17,19H,2,12-13H2,1H3/t17-/m0/s1. The third-order valence-corrected chi connectivity index (χ3v) is 3.98. The summed E-state index contributed by atoms with van der Waals surface area (Å²) in [4.78, 5) is 14.6. The number of nitrogens with one attached hydrogen (secondary N) is 1. The fraction of sp³-hybridized carbons (Fsp3) is 0.278. The van der Waals surface area contributed by atoms with Gasteiger partial charge in [-0.1, -0.05) is 48.5 Å². The minimum Gasteiger partial charge on any atom is -0.373 e. The molecule has 0 bridgehead atoms. The summed E-state index contributed by atoms with van der Waals surface area (Å²) in [5, 5.41) is 3.34. The number of amides is 1. The van der Waals surface area contributed by atoms with E-state index in [1.54, 1.807) is 0 Å². The van der Waals surface area contributed by atoms with E-state index in [9.17, 15) is 4.79 Å². The van der Waals surface area contributed by atoms with E-state index < -0.39 is 0 Å². The molecule has 0 fully saturated rings. The predicted molar refractivity (Wildman–Crippen MR) is 85.1 cm³/mol. The quantitative estimate of drug-likeness (QED) is 0.933. The Morgan fingerprint density at radius 2 is 1.86 bits per heavy atom. The lowest BCUT2D eigenvalue weighted by Gasteiger charge is -2.24. The van der Waals surface area contributed by atoms with E-state index >= 15 is 0 Å². The lowest BCUT2D eigenvalue weighted by atomic mass is 10.1. The molecule has 0 spiro atoms. The number of rotatable bonds is 4. The first kappa shape index (κ1) is 13.7. The van der Waals surface area contributed by atoms with Crippen LogP contribution in [0.1, 0.15) is 18.1 Å². The zero-order chi connectivity index (χ0) is 14.7. The summed E-state index contributed by atoms with van der Waals surface area (Å²) in [6.07, 6.45) is 0.778. The summed E-state index contributed by atoms with van der Waals surface area (Å²) >= 11 is 0. The number of nitrogens with zero attached hydrogens (tertiary/aromatic N) is 1. The molecule has 2 aromatic rings. The summed E-state index contributed by atoms with van der Waals surface area (Å²) in [5.74, 6) is 0.178. The fourth-order valence-electron chi connectivity index (χ4n) is 2.82. The van der Waals surface area contributed by atoms with Gasteiger partial charge in [0.1, 0.15) is 6.04 Å². The van der Waals surface area contributed by atoms with E-state index in [1.807, 2.05) is 48.2 Å². The van der Waals surface area contributed by atoms with Crippen LogP contribution in [0, 0.1) is 0 Å². The number of likely N-dealkylation sites (N-methyl/N-ethyl adjacent to an activating group) is 1. The Labute approximate surface area is 125 Å². The molecule has 21 heavy (non-hydrogen) atoms. The number of fused-ring (bicyclic) bond motifs is 1. The highest BCUT2D eigenvalue weighted by molar-refractivity contribution is 5.87. The zero-order valence-electron chi connectivity index (χ0n) is 12.3. The SMILES string of the molecule is CCN(Cc1ccccc1)C(=O)[C@@H]1Cc2ccccc2N1. The van der Waals surface area contributed by atoms with Gasteiger partial charge >= 0.3 is 0 Å². The van der Waals surface area contributed by atoms with Crippen LogP contribution >= 0.6 is 0 Å². The zero-order valence-corrected chi connectivity index (χ0v) is 12.3. The van der Waals surface area contributed by atoms with Gasteiger partial charge in [-0.05, 0) is 24.1 Å². The third-order valence-electron chi connectivity index (χ3n) is 3.98. The normalized spacial score (nSPS) is 16.1. The number of hydrogen-bond acceptors (Lipinski definition) is 2. The van der Waals surface area contributed by atoms with Crippen molar-refractivity contribution in [2.24, 2.45) is 0 Å². The molecule has 1 N–H and O–H groups in total. The summed E-state index contributed by atoms with van der Waals surface area (Å²) in [7, 11) is 0. The molecule has 1 amide bonds. The van der Waals surface area contributed by atoms with E-state index in [2.05, 4.69) is 23.5 Å². The van der Waals surface area contributed by atoms with Crippen LogP contribution in [0.2, 0.25) is 0 Å². The lowest BCUT2D eigenvalue weighted by molar-refractivity contribution is -0.132. The van der Waals surface area contributed by atoms with Crippen molar-refractivity contribution >= 4 is 11.6 Å². The van der Waals surface area contributed by atoms with Crippen molar-refractivity contribution in [2.75, 3.05) is 11.9 Å². The molecular weight excluding hydrogens is 260 g/mol. The molecule has 108 valence electrons. The fourth-order valence-corrected chi connectivity index (χ4v) is 2.82. The lowest BCUT2D eigenvalue weighted by Crippen LogP contribution is -2.41. The number of benzene rings is 2. The van der Waals surface area contributed by atoms with Crippen LogP contribution < -0.4 is 5.32 Å². The first-order valence-electron chi connectivity index (χ1n) is 7.45. The van der Waals surface area contributed by atoms with Gasteiger partial charge in [0.25, 0.3) is 0 Å². The van der Waals surface area contributed by atoms with Gasteiger partial charge in [-0.25, -0.2) is 0 Å². The Balaban J connectivity index is 1.70. The molecule has 1 aliphatic heterocycles. The molecular formula is C18H20N2O. The highest BCUT2D eigenvalue weighted by Gasteiger charge is 2.29. The Bertz CT molecular complexity index is 599. The summed E-state index contributed by atoms with van der Waals surface area (Å²) in [5.41, 5.74) is 3.49. The van der Waals surface area contributed by atoms with Crippen LogP contribution in [0.3, 0.4) is 0 Å². The van der Waals surface area contributed by atoms with Crippen LogP contribution in [-0.2, 0) is 17.8 Å². The minimum absolute atomic E-state index is 0.133. The van der Waals surface area contributed by atoms with E-state index in [0.717, 1.165) is 18.7 Å². The molecule has 0 aromatic heterocycles. The topological polar surface area (TPSA) is 32.3 Å². The molecule has 0 unspecified atom stereocenters. The van der Waals surface area contributed by atoms with Gasteiger partial charge in [-0.3, -0.25) is 4.79 Å². The van der Waals surface area contributed by atoms with Gasteiger partial charge in [0.05, 0.1) is 0 Å². The molecule has 2 aromatic carbocycles. The van der Waals surface area contributed by atoms with E-state index in [-0.39, 0.29) is 11.9 Å². The third kappa shape index (κ3) is 2.92. The van der Waals surface area contributed by atoms with Gasteiger partial charge in [-0.2, -0.15) is 0 Å². The molecule has 0 radical (unpaired) electrons. The maximum atomic E-state index is 12.7. The summed E-state index contributed by atoms with van der Waals surface area (Å²) in [6, 6.07) is 18.2. The van der Waals surface area contributed by atoms with Crippen molar-refractivity contribution in [1.29, 1.82) is 0 Å². The average Bonchev–Trinajstić information content (AvgIpc) is 2.97. The van der Waals surface area contributed by atoms with Gasteiger partial charge < -0.3 is 10.2 Å². The Morgan fingerprint density at radius 3 is 2.57 bits per heavy atom. The van der Waals surface area contributed by atoms with Crippen LogP contribution in [0.15, 0.2) is 54.6 Å². The van der Waals surface area contributed by atoms with Crippen molar-refractivity contribution in [3.63, 3.8) is 0 Å². The van der Waals surface area contributed by atoms with Crippen LogP contribution in [0.25, 0.3) is 0 Å². The maximum Gasteiger partial charge on any atom is 0.245 e. The molecule has 0 saturated heterocycles. The van der Waals surface area contributed by atoms with Gasteiger partial charge in [0.15, 0.2) is 0 Å². The monoisotopic (exact) mass is 280 g/mol. The average molecular weight is 280 g/mol. The summed E-state index contributed by atoms with van der Waals surface area (Å²) < 4.78 is 0. The number of carbonyl (C=O) groups is 1. The maximum absolute atomic E-state index is 12.7.